The van der Waals surface area contributed by atoms with Crippen LogP contribution in [0.3, 0.4) is 0 Å². The SMILES string of the molecule is C=C(/C=C\C=C(/C)OCc1ccc(C#N)cc1F)C1CCNC(C)C1. The van der Waals surface area contributed by atoms with Gasteiger partial charge in [-0.15, -0.1) is 0 Å². The molecule has 1 fully saturated rings. The number of ether oxygens (including phenoxy) is 1. The van der Waals surface area contributed by atoms with Crippen molar-refractivity contribution in [3.8, 4) is 6.07 Å². The lowest BCUT2D eigenvalue weighted by molar-refractivity contribution is 0.197. The van der Waals surface area contributed by atoms with Gasteiger partial charge in [-0.2, -0.15) is 5.26 Å². The molecular formula is C21H25FN2O. The summed E-state index contributed by atoms with van der Waals surface area (Å²) >= 11 is 0. The summed E-state index contributed by atoms with van der Waals surface area (Å²) in [5.74, 6) is 0.803. The number of nitriles is 1. The van der Waals surface area contributed by atoms with E-state index in [1.165, 1.54) is 6.07 Å². The lowest BCUT2D eigenvalue weighted by Crippen LogP contribution is -2.36. The van der Waals surface area contributed by atoms with Crippen LogP contribution in [0.4, 0.5) is 4.39 Å². The minimum Gasteiger partial charge on any atom is -0.493 e. The van der Waals surface area contributed by atoms with Gasteiger partial charge in [-0.1, -0.05) is 30.4 Å². The Morgan fingerprint density at radius 3 is 3.00 bits per heavy atom. The van der Waals surface area contributed by atoms with Crippen LogP contribution in [-0.2, 0) is 11.3 Å². The average Bonchev–Trinajstić information content (AvgIpc) is 2.60. The van der Waals surface area contributed by atoms with Crippen molar-refractivity contribution in [2.24, 2.45) is 5.92 Å². The van der Waals surface area contributed by atoms with Gasteiger partial charge in [-0.3, -0.25) is 0 Å². The first kappa shape index (κ1) is 19.0. The van der Waals surface area contributed by atoms with Crippen molar-refractivity contribution in [3.05, 3.63) is 71.3 Å². The lowest BCUT2D eigenvalue weighted by Gasteiger charge is -2.28. The second-order valence-electron chi connectivity index (χ2n) is 6.49. The van der Waals surface area contributed by atoms with Crippen molar-refractivity contribution in [2.75, 3.05) is 6.54 Å². The van der Waals surface area contributed by atoms with Crippen LogP contribution in [0, 0.1) is 23.1 Å². The monoisotopic (exact) mass is 340 g/mol. The maximum absolute atomic E-state index is 13.8. The minimum absolute atomic E-state index is 0.139. The summed E-state index contributed by atoms with van der Waals surface area (Å²) in [5, 5.41) is 12.2. The van der Waals surface area contributed by atoms with Gasteiger partial charge >= 0.3 is 0 Å². The van der Waals surface area contributed by atoms with Crippen LogP contribution in [0.1, 0.15) is 37.8 Å². The molecule has 0 radical (unpaired) electrons. The van der Waals surface area contributed by atoms with Gasteiger partial charge in [0.1, 0.15) is 12.4 Å². The highest BCUT2D eigenvalue weighted by Gasteiger charge is 2.19. The number of piperidine rings is 1. The molecule has 0 aliphatic carbocycles. The smallest absolute Gasteiger partial charge is 0.131 e. The molecule has 1 saturated heterocycles. The molecule has 25 heavy (non-hydrogen) atoms. The first-order valence-corrected chi connectivity index (χ1v) is 8.58. The van der Waals surface area contributed by atoms with Gasteiger partial charge in [0.25, 0.3) is 0 Å². The summed E-state index contributed by atoms with van der Waals surface area (Å²) in [7, 11) is 0. The van der Waals surface area contributed by atoms with E-state index >= 15 is 0 Å². The Morgan fingerprint density at radius 1 is 1.52 bits per heavy atom. The molecule has 2 rings (SSSR count). The number of allylic oxidation sites excluding steroid dienone is 5. The van der Waals surface area contributed by atoms with E-state index in [2.05, 4.69) is 18.8 Å². The Labute approximate surface area is 149 Å². The van der Waals surface area contributed by atoms with E-state index in [4.69, 9.17) is 10.00 Å². The van der Waals surface area contributed by atoms with Gasteiger partial charge in [-0.05, 0) is 57.4 Å². The van der Waals surface area contributed by atoms with Crippen LogP contribution < -0.4 is 5.32 Å². The van der Waals surface area contributed by atoms with Gasteiger partial charge in [0.2, 0.25) is 0 Å². The predicted molar refractivity (Wildman–Crippen MR) is 98.1 cm³/mol. The van der Waals surface area contributed by atoms with E-state index in [-0.39, 0.29) is 6.61 Å². The Morgan fingerprint density at radius 2 is 2.32 bits per heavy atom. The van der Waals surface area contributed by atoms with Crippen LogP contribution in [0.25, 0.3) is 0 Å². The van der Waals surface area contributed by atoms with Crippen LogP contribution in [0.15, 0.2) is 54.3 Å². The van der Waals surface area contributed by atoms with Crippen molar-refractivity contribution in [1.82, 2.24) is 5.32 Å². The zero-order chi connectivity index (χ0) is 18.2. The number of halogens is 1. The van der Waals surface area contributed by atoms with E-state index < -0.39 is 5.82 Å². The summed E-state index contributed by atoms with van der Waals surface area (Å²) in [6, 6.07) is 6.84. The van der Waals surface area contributed by atoms with Crippen LogP contribution in [0.2, 0.25) is 0 Å². The largest absolute Gasteiger partial charge is 0.493 e. The van der Waals surface area contributed by atoms with Crippen molar-refractivity contribution < 1.29 is 9.13 Å². The first-order chi connectivity index (χ1) is 12.0. The van der Waals surface area contributed by atoms with E-state index in [1.54, 1.807) is 12.1 Å². The van der Waals surface area contributed by atoms with Gasteiger partial charge < -0.3 is 10.1 Å². The second-order valence-corrected chi connectivity index (χ2v) is 6.49. The number of hydrogen-bond donors (Lipinski definition) is 1. The Hall–Kier alpha value is -2.38. The van der Waals surface area contributed by atoms with Gasteiger partial charge in [0, 0.05) is 11.6 Å². The standard InChI is InChI=1S/C21H25FN2O/c1-15(19-9-10-24-16(2)11-19)5-4-6-17(3)25-14-20-8-7-18(13-23)12-21(20)22/h4-8,12,16,19,24H,1,9-11,14H2,2-3H3/b5-4-,17-6+. The van der Waals surface area contributed by atoms with E-state index in [9.17, 15) is 4.39 Å². The van der Waals surface area contributed by atoms with Crippen molar-refractivity contribution in [3.63, 3.8) is 0 Å². The maximum Gasteiger partial charge on any atom is 0.131 e. The maximum atomic E-state index is 13.8. The minimum atomic E-state index is -0.421. The lowest BCUT2D eigenvalue weighted by atomic mass is 9.87. The molecule has 0 saturated carbocycles. The molecule has 1 aliphatic heterocycles. The molecule has 1 aromatic rings. The van der Waals surface area contributed by atoms with E-state index in [0.717, 1.165) is 25.0 Å². The predicted octanol–water partition coefficient (Wildman–Crippen LogP) is 4.62. The van der Waals surface area contributed by atoms with E-state index in [0.29, 0.717) is 28.8 Å². The Bertz CT molecular complexity index is 715. The molecule has 132 valence electrons. The number of nitrogens with zero attached hydrogens (tertiary/aromatic N) is 1. The molecular weight excluding hydrogens is 315 g/mol. The summed E-state index contributed by atoms with van der Waals surface area (Å²) in [6.45, 7) is 9.38. The van der Waals surface area contributed by atoms with Crippen molar-refractivity contribution in [1.29, 1.82) is 5.26 Å². The second kappa shape index (κ2) is 9.19. The Balaban J connectivity index is 1.85. The normalized spacial score (nSPS) is 21.1. The molecule has 1 N–H and O–H groups in total. The molecule has 3 nitrogen and oxygen atoms in total. The highest BCUT2D eigenvalue weighted by molar-refractivity contribution is 5.32. The van der Waals surface area contributed by atoms with Crippen LogP contribution in [-0.4, -0.2) is 12.6 Å². The first-order valence-electron chi connectivity index (χ1n) is 8.58. The highest BCUT2D eigenvalue weighted by atomic mass is 19.1. The molecule has 0 aromatic heterocycles. The topological polar surface area (TPSA) is 45.0 Å². The number of benzene rings is 1. The van der Waals surface area contributed by atoms with Gasteiger partial charge in [0.05, 0.1) is 17.4 Å². The zero-order valence-corrected chi connectivity index (χ0v) is 14.9. The summed E-state index contributed by atoms with van der Waals surface area (Å²) < 4.78 is 19.4. The fraction of sp³-hybridized carbons (Fsp3) is 0.381. The molecule has 0 bridgehead atoms. The molecule has 2 unspecified atom stereocenters. The van der Waals surface area contributed by atoms with Crippen LogP contribution in [0.5, 0.6) is 0 Å². The number of rotatable bonds is 6. The molecule has 1 aromatic carbocycles. The molecule has 2 atom stereocenters. The third-order valence-electron chi connectivity index (χ3n) is 4.43. The summed E-state index contributed by atoms with van der Waals surface area (Å²) in [5.41, 5.74) is 1.88. The van der Waals surface area contributed by atoms with Crippen molar-refractivity contribution in [2.45, 2.75) is 39.3 Å². The van der Waals surface area contributed by atoms with Crippen molar-refractivity contribution >= 4 is 0 Å². The zero-order valence-electron chi connectivity index (χ0n) is 14.9. The number of hydrogen-bond acceptors (Lipinski definition) is 3. The molecule has 0 spiro atoms. The highest BCUT2D eigenvalue weighted by Crippen LogP contribution is 2.23. The molecule has 0 amide bonds. The van der Waals surface area contributed by atoms with Gasteiger partial charge in [0.15, 0.2) is 0 Å². The molecule has 4 heteroatoms. The summed E-state index contributed by atoms with van der Waals surface area (Å²) in [4.78, 5) is 0. The van der Waals surface area contributed by atoms with Gasteiger partial charge in [-0.25, -0.2) is 4.39 Å². The fourth-order valence-electron chi connectivity index (χ4n) is 2.89. The average molecular weight is 340 g/mol. The molecule has 1 heterocycles. The quantitative estimate of drug-likeness (QED) is 0.607. The summed E-state index contributed by atoms with van der Waals surface area (Å²) in [6.07, 6.45) is 8.04. The third kappa shape index (κ3) is 5.88. The number of nitrogens with one attached hydrogen (secondary N) is 1. The fourth-order valence-corrected chi connectivity index (χ4v) is 2.89. The van der Waals surface area contributed by atoms with E-state index in [1.807, 2.05) is 31.2 Å². The molecule has 1 aliphatic rings. The third-order valence-corrected chi connectivity index (χ3v) is 4.43. The Kier molecular flexibility index (Phi) is 6.97. The van der Waals surface area contributed by atoms with Crippen LogP contribution >= 0.6 is 0 Å².